The number of nitrogens with one attached hydrogen (secondary N) is 1. The van der Waals surface area contributed by atoms with Gasteiger partial charge >= 0.3 is 0 Å². The molecule has 1 aromatic carbocycles. The highest BCUT2D eigenvalue weighted by atomic mass is 35.5. The topological polar surface area (TPSA) is 55.1 Å². The zero-order chi connectivity index (χ0) is 12.1. The zero-order valence-corrected chi connectivity index (χ0v) is 10.3. The fraction of sp³-hybridized carbons (Fsp3) is 0.417. The number of benzene rings is 1. The minimum Gasteiger partial charge on any atom is -0.324 e. The molecule has 1 aromatic rings. The first kappa shape index (κ1) is 13.0. The van der Waals surface area contributed by atoms with Crippen molar-refractivity contribution in [3.8, 4) is 0 Å². The molecule has 0 bridgehead atoms. The van der Waals surface area contributed by atoms with Crippen LogP contribution in [0.15, 0.2) is 18.2 Å². The minimum absolute atomic E-state index is 0.146. The molecular weight excluding hydrogens is 224 g/mol. The van der Waals surface area contributed by atoms with Crippen LogP contribution in [-0.2, 0) is 4.79 Å². The van der Waals surface area contributed by atoms with Crippen LogP contribution in [0.2, 0.25) is 5.02 Å². The SMILES string of the molecule is CCC[C@@H](N)C(=O)Nc1ccc(Cl)cc1C. The number of hydrogen-bond acceptors (Lipinski definition) is 2. The number of rotatable bonds is 4. The summed E-state index contributed by atoms with van der Waals surface area (Å²) in [6.45, 7) is 3.90. The molecule has 4 heteroatoms. The Kier molecular flexibility index (Phi) is 4.77. The van der Waals surface area contributed by atoms with Gasteiger partial charge in [0.1, 0.15) is 0 Å². The Hall–Kier alpha value is -1.06. The molecule has 0 saturated carbocycles. The predicted octanol–water partition coefficient (Wildman–Crippen LogP) is 2.71. The molecule has 0 aromatic heterocycles. The van der Waals surface area contributed by atoms with E-state index in [9.17, 15) is 4.79 Å². The van der Waals surface area contributed by atoms with Crippen molar-refractivity contribution in [3.05, 3.63) is 28.8 Å². The zero-order valence-electron chi connectivity index (χ0n) is 9.59. The molecule has 0 aliphatic heterocycles. The fourth-order valence-electron chi connectivity index (χ4n) is 1.43. The van der Waals surface area contributed by atoms with Gasteiger partial charge in [0, 0.05) is 10.7 Å². The molecule has 0 radical (unpaired) electrons. The van der Waals surface area contributed by atoms with Crippen LogP contribution in [0, 0.1) is 6.92 Å². The van der Waals surface area contributed by atoms with E-state index in [1.807, 2.05) is 19.9 Å². The Morgan fingerprint density at radius 1 is 1.56 bits per heavy atom. The van der Waals surface area contributed by atoms with Gasteiger partial charge in [-0.15, -0.1) is 0 Å². The lowest BCUT2D eigenvalue weighted by Crippen LogP contribution is -2.35. The van der Waals surface area contributed by atoms with E-state index >= 15 is 0 Å². The van der Waals surface area contributed by atoms with E-state index in [2.05, 4.69) is 5.32 Å². The highest BCUT2D eigenvalue weighted by Crippen LogP contribution is 2.19. The van der Waals surface area contributed by atoms with Crippen LogP contribution in [0.1, 0.15) is 25.3 Å². The fourth-order valence-corrected chi connectivity index (χ4v) is 1.66. The molecule has 1 rings (SSSR count). The van der Waals surface area contributed by atoms with Gasteiger partial charge in [-0.1, -0.05) is 24.9 Å². The van der Waals surface area contributed by atoms with E-state index < -0.39 is 6.04 Å². The van der Waals surface area contributed by atoms with Gasteiger partial charge in [0.25, 0.3) is 0 Å². The Morgan fingerprint density at radius 2 is 2.25 bits per heavy atom. The predicted molar refractivity (Wildman–Crippen MR) is 67.7 cm³/mol. The standard InChI is InChI=1S/C12H17ClN2O/c1-3-4-10(14)12(16)15-11-6-5-9(13)7-8(11)2/h5-7,10H,3-4,14H2,1-2H3,(H,15,16)/t10-/m1/s1. The molecule has 16 heavy (non-hydrogen) atoms. The Morgan fingerprint density at radius 3 is 2.81 bits per heavy atom. The molecule has 0 saturated heterocycles. The molecular formula is C12H17ClN2O. The summed E-state index contributed by atoms with van der Waals surface area (Å²) in [5.74, 6) is -0.146. The Balaban J connectivity index is 2.69. The second-order valence-corrected chi connectivity index (χ2v) is 4.28. The van der Waals surface area contributed by atoms with Crippen molar-refractivity contribution in [3.63, 3.8) is 0 Å². The van der Waals surface area contributed by atoms with E-state index in [0.29, 0.717) is 11.4 Å². The number of hydrogen-bond donors (Lipinski definition) is 2. The average Bonchev–Trinajstić information content (AvgIpc) is 2.22. The molecule has 0 aliphatic carbocycles. The summed E-state index contributed by atoms with van der Waals surface area (Å²) in [6.07, 6.45) is 1.59. The third kappa shape index (κ3) is 3.51. The van der Waals surface area contributed by atoms with E-state index in [4.69, 9.17) is 17.3 Å². The van der Waals surface area contributed by atoms with Gasteiger partial charge in [0.2, 0.25) is 5.91 Å². The first-order valence-corrected chi connectivity index (χ1v) is 5.75. The minimum atomic E-state index is -0.444. The molecule has 0 heterocycles. The normalized spacial score (nSPS) is 12.2. The van der Waals surface area contributed by atoms with Gasteiger partial charge in [-0.3, -0.25) is 4.79 Å². The number of carbonyl (C=O) groups is 1. The summed E-state index contributed by atoms with van der Waals surface area (Å²) in [6, 6.07) is 4.90. The van der Waals surface area contributed by atoms with Crippen LogP contribution in [-0.4, -0.2) is 11.9 Å². The highest BCUT2D eigenvalue weighted by Gasteiger charge is 2.13. The summed E-state index contributed by atoms with van der Waals surface area (Å²) in [4.78, 5) is 11.7. The summed E-state index contributed by atoms with van der Waals surface area (Å²) in [5, 5.41) is 3.46. The van der Waals surface area contributed by atoms with E-state index in [1.165, 1.54) is 0 Å². The van der Waals surface area contributed by atoms with Gasteiger partial charge in [-0.25, -0.2) is 0 Å². The summed E-state index contributed by atoms with van der Waals surface area (Å²) in [5.41, 5.74) is 7.42. The maximum Gasteiger partial charge on any atom is 0.241 e. The summed E-state index contributed by atoms with van der Waals surface area (Å²) in [7, 11) is 0. The Labute approximate surface area is 101 Å². The van der Waals surface area contributed by atoms with Crippen LogP contribution in [0.5, 0.6) is 0 Å². The van der Waals surface area contributed by atoms with Crippen molar-refractivity contribution in [2.24, 2.45) is 5.73 Å². The maximum atomic E-state index is 11.7. The van der Waals surface area contributed by atoms with E-state index in [1.54, 1.807) is 12.1 Å². The van der Waals surface area contributed by atoms with Crippen LogP contribution < -0.4 is 11.1 Å². The van der Waals surface area contributed by atoms with Crippen molar-refractivity contribution in [1.82, 2.24) is 0 Å². The third-order valence-corrected chi connectivity index (χ3v) is 2.62. The second-order valence-electron chi connectivity index (χ2n) is 3.84. The molecule has 1 amide bonds. The van der Waals surface area contributed by atoms with Gasteiger partial charge in [-0.05, 0) is 37.1 Å². The molecule has 3 nitrogen and oxygen atoms in total. The average molecular weight is 241 g/mol. The molecule has 1 atom stereocenters. The lowest BCUT2D eigenvalue weighted by molar-refractivity contribution is -0.117. The van der Waals surface area contributed by atoms with Crippen molar-refractivity contribution in [2.45, 2.75) is 32.7 Å². The molecule has 0 spiro atoms. The number of amides is 1. The molecule has 3 N–H and O–H groups in total. The lowest BCUT2D eigenvalue weighted by atomic mass is 10.1. The van der Waals surface area contributed by atoms with Crippen LogP contribution in [0.3, 0.4) is 0 Å². The monoisotopic (exact) mass is 240 g/mol. The van der Waals surface area contributed by atoms with E-state index in [0.717, 1.165) is 17.7 Å². The third-order valence-electron chi connectivity index (χ3n) is 2.38. The summed E-state index contributed by atoms with van der Waals surface area (Å²) >= 11 is 5.83. The van der Waals surface area contributed by atoms with Crippen molar-refractivity contribution < 1.29 is 4.79 Å². The number of anilines is 1. The largest absolute Gasteiger partial charge is 0.324 e. The number of carbonyl (C=O) groups excluding carboxylic acids is 1. The number of halogens is 1. The van der Waals surface area contributed by atoms with Gasteiger partial charge in [0.15, 0.2) is 0 Å². The molecule has 88 valence electrons. The molecule has 0 aliphatic rings. The van der Waals surface area contributed by atoms with Crippen LogP contribution in [0.25, 0.3) is 0 Å². The van der Waals surface area contributed by atoms with Crippen molar-refractivity contribution in [1.29, 1.82) is 0 Å². The van der Waals surface area contributed by atoms with Gasteiger partial charge in [0.05, 0.1) is 6.04 Å². The quantitative estimate of drug-likeness (QED) is 0.850. The maximum absolute atomic E-state index is 11.7. The van der Waals surface area contributed by atoms with Crippen molar-refractivity contribution in [2.75, 3.05) is 5.32 Å². The Bertz CT molecular complexity index is 379. The number of nitrogens with two attached hydrogens (primary N) is 1. The highest BCUT2D eigenvalue weighted by molar-refractivity contribution is 6.30. The smallest absolute Gasteiger partial charge is 0.241 e. The first-order valence-electron chi connectivity index (χ1n) is 5.37. The van der Waals surface area contributed by atoms with Crippen molar-refractivity contribution >= 4 is 23.2 Å². The molecule has 0 fully saturated rings. The van der Waals surface area contributed by atoms with Gasteiger partial charge < -0.3 is 11.1 Å². The second kappa shape index (κ2) is 5.87. The van der Waals surface area contributed by atoms with Crippen LogP contribution in [0.4, 0.5) is 5.69 Å². The lowest BCUT2D eigenvalue weighted by Gasteiger charge is -2.13. The van der Waals surface area contributed by atoms with Crippen LogP contribution >= 0.6 is 11.6 Å². The first-order chi connectivity index (χ1) is 7.54. The summed E-state index contributed by atoms with van der Waals surface area (Å²) < 4.78 is 0. The molecule has 0 unspecified atom stereocenters. The van der Waals surface area contributed by atoms with E-state index in [-0.39, 0.29) is 5.91 Å². The van der Waals surface area contributed by atoms with Gasteiger partial charge in [-0.2, -0.15) is 0 Å². The number of aryl methyl sites for hydroxylation is 1.